The Hall–Kier alpha value is -2.19. The van der Waals surface area contributed by atoms with E-state index in [0.29, 0.717) is 5.92 Å². The second-order valence-corrected chi connectivity index (χ2v) is 9.27. The summed E-state index contributed by atoms with van der Waals surface area (Å²) in [6.07, 6.45) is 4.78. The Balaban J connectivity index is -0.000000428. The van der Waals surface area contributed by atoms with Gasteiger partial charge in [0.15, 0.2) is 0 Å². The van der Waals surface area contributed by atoms with Crippen molar-refractivity contribution < 1.29 is 0 Å². The zero-order valence-electron chi connectivity index (χ0n) is 24.2. The molecule has 0 saturated heterocycles. The van der Waals surface area contributed by atoms with Crippen LogP contribution in [0.2, 0.25) is 0 Å². The summed E-state index contributed by atoms with van der Waals surface area (Å²) in [7, 11) is 0. The van der Waals surface area contributed by atoms with Gasteiger partial charge in [0.2, 0.25) is 0 Å². The van der Waals surface area contributed by atoms with Crippen LogP contribution >= 0.6 is 15.9 Å². The Kier molecular flexibility index (Phi) is 24.4. The quantitative estimate of drug-likeness (QED) is 0.250. The number of rotatable bonds is 3. The molecule has 4 nitrogen and oxygen atoms in total. The molecular weight excluding hydrogens is 534 g/mol. The van der Waals surface area contributed by atoms with E-state index in [-0.39, 0.29) is 8.41 Å². The average Bonchev–Trinajstić information content (AvgIpc) is 2.79. The molecule has 3 aromatic heterocycles. The van der Waals surface area contributed by atoms with Crippen molar-refractivity contribution >= 4 is 46.5 Å². The molecule has 4 radical (unpaired) electrons. The van der Waals surface area contributed by atoms with Crippen LogP contribution in [0.1, 0.15) is 78.4 Å². The number of hydrogen-bond acceptors (Lipinski definition) is 4. The first-order chi connectivity index (χ1) is 16.9. The molecule has 3 aromatic rings. The van der Waals surface area contributed by atoms with Gasteiger partial charge < -0.3 is 0 Å². The van der Waals surface area contributed by atoms with Crippen LogP contribution in [0.25, 0.3) is 6.08 Å². The van der Waals surface area contributed by atoms with Gasteiger partial charge in [-0.05, 0) is 108 Å². The number of halogens is 1. The van der Waals surface area contributed by atoms with Gasteiger partial charge in [-0.2, -0.15) is 0 Å². The Morgan fingerprint density at radius 2 is 1.08 bits per heavy atom. The van der Waals surface area contributed by atoms with E-state index < -0.39 is 0 Å². The van der Waals surface area contributed by atoms with E-state index in [1.54, 1.807) is 22.2 Å². The third kappa shape index (κ3) is 19.6. The van der Waals surface area contributed by atoms with Crippen LogP contribution in [-0.4, -0.2) is 39.5 Å². The fraction of sp³-hybridized carbons (Fsp3) is 0.367. The van der Waals surface area contributed by atoms with E-state index in [1.165, 1.54) is 12.0 Å². The zero-order chi connectivity index (χ0) is 28.3. The van der Waals surface area contributed by atoms with Crippen LogP contribution < -0.4 is 0 Å². The van der Waals surface area contributed by atoms with Gasteiger partial charge >= 0.3 is 20.4 Å². The van der Waals surface area contributed by atoms with Gasteiger partial charge in [0.05, 0.1) is 0 Å². The first kappa shape index (κ1) is 39.3. The summed E-state index contributed by atoms with van der Waals surface area (Å²) in [5.74, 6) is 0.658. The summed E-state index contributed by atoms with van der Waals surface area (Å²) < 4.78 is 6.77. The molecule has 7 heteroatoms. The maximum atomic E-state index is 5.67. The molecule has 1 unspecified atom stereocenters. The predicted molar refractivity (Wildman–Crippen MR) is 168 cm³/mol. The second-order valence-electron chi connectivity index (χ2n) is 8.36. The molecule has 196 valence electrons. The van der Waals surface area contributed by atoms with Crippen LogP contribution in [0.4, 0.5) is 0 Å². The van der Waals surface area contributed by atoms with Crippen LogP contribution in [0.3, 0.4) is 0 Å². The summed E-state index contributed by atoms with van der Waals surface area (Å²) >= 11 is 5.04. The van der Waals surface area contributed by atoms with Crippen LogP contribution in [0, 0.1) is 45.9 Å². The first-order valence-electron chi connectivity index (χ1n) is 11.9. The molecule has 0 aliphatic carbocycles. The van der Waals surface area contributed by atoms with E-state index in [9.17, 15) is 0 Å². The van der Waals surface area contributed by atoms with Crippen molar-refractivity contribution in [1.29, 1.82) is 4.35 Å². The Morgan fingerprint density at radius 1 is 0.784 bits per heavy atom. The molecule has 0 aromatic carbocycles. The first-order valence-corrected chi connectivity index (χ1v) is 13.3. The molecule has 1 N–H and O–H groups in total. The third-order valence-corrected chi connectivity index (χ3v) is 5.13. The van der Waals surface area contributed by atoms with Crippen molar-refractivity contribution in [3.63, 3.8) is 0 Å². The summed E-state index contributed by atoms with van der Waals surface area (Å²) in [5, 5.41) is 0. The standard InChI is InChI=1S/C11H17N.C9H11N.C7H8BrN.C3H6.Al.B.HN/c1-5-8(2)11-6-9(3)12-10(4)7-11;1-4-9-5-7(2)10-8(3)6-9;1-5-3-7(8)4-6(2)9-5;1-3-2;;;/h6-8H,5H2,1-4H3;4-6H,1H2,2-3H3;3-4H,1-2H3;3H,1H2,2H3;;;1H. The van der Waals surface area contributed by atoms with Crippen molar-refractivity contribution in [3.8, 4) is 0 Å². The van der Waals surface area contributed by atoms with E-state index in [4.69, 9.17) is 4.35 Å². The van der Waals surface area contributed by atoms with E-state index in [0.717, 1.165) is 44.2 Å². The molecule has 3 heterocycles. The summed E-state index contributed by atoms with van der Waals surface area (Å²) in [5.41, 5.74) is 9.04. The van der Waals surface area contributed by atoms with Crippen LogP contribution in [-0.2, 0) is 0 Å². The zero-order valence-corrected chi connectivity index (χ0v) is 26.9. The number of nitrogens with zero attached hydrogens (tertiary/aromatic N) is 3. The van der Waals surface area contributed by atoms with Gasteiger partial charge in [-0.15, -0.1) is 6.58 Å². The van der Waals surface area contributed by atoms with Crippen molar-refractivity contribution in [1.82, 2.24) is 15.0 Å². The number of pyridine rings is 3. The van der Waals surface area contributed by atoms with Gasteiger partial charge in [0.1, 0.15) is 0 Å². The molecule has 0 saturated carbocycles. The minimum absolute atomic E-state index is 0. The average molecular weight is 577 g/mol. The van der Waals surface area contributed by atoms with Gasteiger partial charge in [-0.3, -0.25) is 15.0 Å². The van der Waals surface area contributed by atoms with Crippen molar-refractivity contribution in [2.24, 2.45) is 0 Å². The van der Waals surface area contributed by atoms with Crippen LogP contribution in [0.5, 0.6) is 0 Å². The van der Waals surface area contributed by atoms with Gasteiger partial charge in [0.25, 0.3) is 0 Å². The molecule has 0 amide bonds. The minimum atomic E-state index is 0. The Bertz CT molecular complexity index is 982. The van der Waals surface area contributed by atoms with Crippen molar-refractivity contribution in [2.45, 2.75) is 74.7 Å². The van der Waals surface area contributed by atoms with Gasteiger partial charge in [0, 0.05) is 47.0 Å². The number of aromatic nitrogens is 3. The van der Waals surface area contributed by atoms with E-state index >= 15 is 0 Å². The molecule has 3 rings (SSSR count). The number of allylic oxidation sites excluding steroid dienone is 1. The fourth-order valence-corrected chi connectivity index (χ4v) is 3.82. The second kappa shape index (κ2) is 23.0. The molecule has 0 fully saturated rings. The van der Waals surface area contributed by atoms with Crippen molar-refractivity contribution in [2.75, 3.05) is 0 Å². The van der Waals surface area contributed by atoms with E-state index in [1.807, 2.05) is 65.0 Å². The van der Waals surface area contributed by atoms with Gasteiger partial charge in [-0.25, -0.2) is 0 Å². The molecular formula is C30H43AlBBrN4. The number of hydrogen-bond donors (Lipinski definition) is 1. The number of aryl methyl sites for hydroxylation is 6. The Morgan fingerprint density at radius 3 is 1.35 bits per heavy atom. The van der Waals surface area contributed by atoms with Crippen LogP contribution in [0.15, 0.2) is 60.1 Å². The maximum absolute atomic E-state index is 5.67. The molecule has 0 spiro atoms. The molecule has 1 atom stereocenters. The summed E-state index contributed by atoms with van der Waals surface area (Å²) in [4.78, 5) is 12.8. The topological polar surface area (TPSA) is 62.5 Å². The van der Waals surface area contributed by atoms with Crippen molar-refractivity contribution in [3.05, 3.63) is 105 Å². The third-order valence-electron chi connectivity index (χ3n) is 4.67. The fourth-order valence-electron chi connectivity index (χ4n) is 3.16. The molecule has 37 heavy (non-hydrogen) atoms. The molecule has 0 bridgehead atoms. The van der Waals surface area contributed by atoms with Gasteiger partial charge in [-0.1, -0.05) is 48.5 Å². The SMILES string of the molecule is C=CC.C=Cc1cc(C)nc(C)c1.CCC(C)c1cc(C)nc(C)c1.Cc1cc(Br)cc(C)n1.[B].[NH]=[Al]. The normalized spacial score (nSPS) is 9.54. The molecule has 0 aliphatic rings. The monoisotopic (exact) mass is 576 g/mol. The predicted octanol–water partition coefficient (Wildman–Crippen LogP) is 8.74. The molecule has 0 aliphatic heterocycles. The van der Waals surface area contributed by atoms with E-state index in [2.05, 4.69) is 83.9 Å². The summed E-state index contributed by atoms with van der Waals surface area (Å²) in [6, 6.07) is 12.4. The summed E-state index contributed by atoms with van der Waals surface area (Å²) in [6.45, 7) is 25.5. The number of nitrogens with one attached hydrogen (secondary N) is 1. The Labute approximate surface area is 244 Å².